The van der Waals surface area contributed by atoms with E-state index in [1.54, 1.807) is 38.1 Å². The largest absolute Gasteiger partial charge is 0.464 e. The van der Waals surface area contributed by atoms with E-state index in [1.165, 1.54) is 21.1 Å². The maximum absolute atomic E-state index is 13.0. The van der Waals surface area contributed by atoms with Gasteiger partial charge < -0.3 is 23.8 Å². The fraction of sp³-hybridized carbons (Fsp3) is 0.500. The van der Waals surface area contributed by atoms with Gasteiger partial charge in [-0.2, -0.15) is 0 Å². The molecular weight excluding hydrogens is 465 g/mol. The number of hydrogen-bond donors (Lipinski definition) is 1. The molecule has 2 rings (SSSR count). The summed E-state index contributed by atoms with van der Waals surface area (Å²) in [5.41, 5.74) is -0.532. The van der Waals surface area contributed by atoms with Gasteiger partial charge in [-0.25, -0.2) is 19.6 Å². The number of fused-ring (bicyclic) bond motifs is 1. The van der Waals surface area contributed by atoms with Crippen LogP contribution in [0.4, 0.5) is 0 Å². The van der Waals surface area contributed by atoms with Gasteiger partial charge in [0.25, 0.3) is 0 Å². The average molecular weight is 495 g/mol. The first-order chi connectivity index (χ1) is 16.1. The van der Waals surface area contributed by atoms with E-state index in [1.807, 2.05) is 0 Å². The van der Waals surface area contributed by atoms with Crippen LogP contribution in [0.1, 0.15) is 32.2 Å². The molecule has 0 saturated carbocycles. The van der Waals surface area contributed by atoms with Crippen molar-refractivity contribution in [1.29, 1.82) is 0 Å². The second-order valence-electron chi connectivity index (χ2n) is 7.26. The van der Waals surface area contributed by atoms with E-state index < -0.39 is 31.0 Å². The second kappa shape index (κ2) is 12.0. The van der Waals surface area contributed by atoms with E-state index in [0.29, 0.717) is 16.7 Å². The topological polar surface area (TPSA) is 143 Å². The van der Waals surface area contributed by atoms with E-state index >= 15 is 0 Å². The van der Waals surface area contributed by atoms with Crippen LogP contribution in [0.15, 0.2) is 24.3 Å². The lowest BCUT2D eigenvalue weighted by Crippen LogP contribution is -2.62. The number of nitrogens with one attached hydrogen (secondary N) is 1. The first kappa shape index (κ1) is 27.4. The van der Waals surface area contributed by atoms with E-state index in [4.69, 9.17) is 18.5 Å². The van der Waals surface area contributed by atoms with Crippen molar-refractivity contribution in [1.82, 2.24) is 15.3 Å². The molecule has 1 heterocycles. The number of para-hydroxylation sites is 2. The molecule has 0 atom stereocenters. The van der Waals surface area contributed by atoms with Gasteiger partial charge in [0.05, 0.1) is 41.8 Å². The first-order valence-electron chi connectivity index (χ1n) is 10.7. The molecule has 0 saturated heterocycles. The summed E-state index contributed by atoms with van der Waals surface area (Å²) in [7, 11) is -0.824. The van der Waals surface area contributed by atoms with Crippen LogP contribution in [0.3, 0.4) is 0 Å². The van der Waals surface area contributed by atoms with Crippen LogP contribution < -0.4 is 5.32 Å². The third-order valence-electron chi connectivity index (χ3n) is 4.97. The highest BCUT2D eigenvalue weighted by molar-refractivity contribution is 7.53. The molecule has 1 aromatic carbocycles. The number of rotatable bonds is 12. The van der Waals surface area contributed by atoms with Gasteiger partial charge in [-0.15, -0.1) is 0 Å². The summed E-state index contributed by atoms with van der Waals surface area (Å²) in [5, 5.41) is 2.42. The van der Waals surface area contributed by atoms with E-state index in [2.05, 4.69) is 15.3 Å². The fourth-order valence-corrected chi connectivity index (χ4v) is 4.35. The zero-order valence-corrected chi connectivity index (χ0v) is 20.8. The second-order valence-corrected chi connectivity index (χ2v) is 9.66. The minimum Gasteiger partial charge on any atom is -0.464 e. The molecule has 0 bridgehead atoms. The molecule has 11 nitrogen and oxygen atoms in total. The van der Waals surface area contributed by atoms with Gasteiger partial charge in [0, 0.05) is 34.0 Å². The highest BCUT2D eigenvalue weighted by Crippen LogP contribution is 2.46. The zero-order valence-electron chi connectivity index (χ0n) is 20.0. The van der Waals surface area contributed by atoms with Crippen molar-refractivity contribution >= 4 is 36.5 Å². The van der Waals surface area contributed by atoms with Crippen LogP contribution in [-0.4, -0.2) is 66.9 Å². The molecule has 0 aliphatic carbocycles. The van der Waals surface area contributed by atoms with Crippen molar-refractivity contribution < 1.29 is 37.5 Å². The van der Waals surface area contributed by atoms with Crippen molar-refractivity contribution in [3.8, 4) is 0 Å². The lowest BCUT2D eigenvalue weighted by atomic mass is 9.91. The summed E-state index contributed by atoms with van der Waals surface area (Å²) < 4.78 is 32.9. The Labute approximate surface area is 198 Å². The van der Waals surface area contributed by atoms with Crippen molar-refractivity contribution in [2.75, 3.05) is 33.6 Å². The predicted molar refractivity (Wildman–Crippen MR) is 123 cm³/mol. The number of nitrogens with zero attached hydrogens (tertiary/aromatic N) is 2. The van der Waals surface area contributed by atoms with Gasteiger partial charge in [-0.05, 0) is 26.0 Å². The molecule has 12 heteroatoms. The van der Waals surface area contributed by atoms with E-state index in [0.717, 1.165) is 0 Å². The van der Waals surface area contributed by atoms with Crippen molar-refractivity contribution in [2.24, 2.45) is 0 Å². The lowest BCUT2D eigenvalue weighted by molar-refractivity contribution is -0.168. The van der Waals surface area contributed by atoms with E-state index in [-0.39, 0.29) is 37.9 Å². The van der Waals surface area contributed by atoms with Crippen molar-refractivity contribution in [3.05, 3.63) is 35.7 Å². The molecule has 0 fully saturated rings. The van der Waals surface area contributed by atoms with E-state index in [9.17, 15) is 18.9 Å². The van der Waals surface area contributed by atoms with Gasteiger partial charge in [0.15, 0.2) is 0 Å². The molecule has 0 aliphatic heterocycles. The highest BCUT2D eigenvalue weighted by Gasteiger charge is 2.51. The van der Waals surface area contributed by atoms with Crippen LogP contribution in [0.5, 0.6) is 0 Å². The summed E-state index contributed by atoms with van der Waals surface area (Å²) in [5.74, 6) is -2.60. The van der Waals surface area contributed by atoms with Crippen LogP contribution >= 0.6 is 7.60 Å². The monoisotopic (exact) mass is 495 g/mol. The summed E-state index contributed by atoms with van der Waals surface area (Å²) in [6.45, 7) is 4.28. The van der Waals surface area contributed by atoms with Crippen molar-refractivity contribution in [2.45, 2.75) is 39.2 Å². The van der Waals surface area contributed by atoms with Crippen LogP contribution in [0.25, 0.3) is 11.0 Å². The van der Waals surface area contributed by atoms with Crippen molar-refractivity contribution in [3.63, 3.8) is 0 Å². The number of carbonyl (C=O) groups excluding carboxylic acids is 3. The number of carbonyl (C=O) groups is 3. The number of amides is 1. The summed E-state index contributed by atoms with van der Waals surface area (Å²) >= 11 is 0. The minimum atomic E-state index is -3.38. The molecule has 0 spiro atoms. The third-order valence-corrected chi connectivity index (χ3v) is 6.86. The Morgan fingerprint density at radius 1 is 0.941 bits per heavy atom. The molecule has 186 valence electrons. The standard InChI is InChI=1S/C22H30N3O8P/c1-6-32-20(27)22(25-15(3)26,21(28)33-7-2)14-19-18(12-13-34(29,30-4)31-5)23-16-10-8-9-11-17(16)24-19/h8-11H,6-7,12-14H2,1-5H3,(H,25,26). The zero-order chi connectivity index (χ0) is 25.4. The molecule has 2 aromatic rings. The first-order valence-corrected chi connectivity index (χ1v) is 12.5. The van der Waals surface area contributed by atoms with Gasteiger partial charge >= 0.3 is 19.5 Å². The van der Waals surface area contributed by atoms with Gasteiger partial charge in [0.1, 0.15) is 0 Å². The van der Waals surface area contributed by atoms with Crippen LogP contribution in [-0.2, 0) is 50.3 Å². The number of aryl methyl sites for hydroxylation is 1. The van der Waals surface area contributed by atoms with Gasteiger partial charge in [0.2, 0.25) is 11.4 Å². The average Bonchev–Trinajstić information content (AvgIpc) is 2.81. The normalized spacial score (nSPS) is 11.8. The maximum atomic E-state index is 13.0. The minimum absolute atomic E-state index is 0.0219. The Morgan fingerprint density at radius 2 is 1.44 bits per heavy atom. The maximum Gasteiger partial charge on any atom is 0.344 e. The van der Waals surface area contributed by atoms with Crippen LogP contribution in [0.2, 0.25) is 0 Å². The Bertz CT molecular complexity index is 1070. The number of hydrogen-bond acceptors (Lipinski definition) is 10. The molecule has 1 N–H and O–H groups in total. The number of aromatic nitrogens is 2. The summed E-state index contributed by atoms with van der Waals surface area (Å²) in [4.78, 5) is 47.4. The lowest BCUT2D eigenvalue weighted by Gasteiger charge is -2.30. The molecular formula is C22H30N3O8P. The smallest absolute Gasteiger partial charge is 0.344 e. The molecule has 0 radical (unpaired) electrons. The molecule has 1 amide bonds. The molecule has 0 unspecified atom stereocenters. The molecule has 1 aromatic heterocycles. The Kier molecular flexibility index (Phi) is 9.66. The third kappa shape index (κ3) is 6.37. The number of ether oxygens (including phenoxy) is 2. The quantitative estimate of drug-likeness (QED) is 0.264. The predicted octanol–water partition coefficient (Wildman–Crippen LogP) is 2.20. The molecule has 0 aliphatic rings. The number of esters is 2. The Hall–Kier alpha value is -2.88. The van der Waals surface area contributed by atoms with Gasteiger partial charge in [-0.3, -0.25) is 9.36 Å². The SMILES string of the molecule is CCOC(=O)C(Cc1nc2ccccc2nc1CCP(=O)(OC)OC)(NC(C)=O)C(=O)OCC. The fourth-order valence-electron chi connectivity index (χ4n) is 3.35. The van der Waals surface area contributed by atoms with Crippen LogP contribution in [0, 0.1) is 0 Å². The van der Waals surface area contributed by atoms with Gasteiger partial charge in [-0.1, -0.05) is 12.1 Å². The highest BCUT2D eigenvalue weighted by atomic mass is 31.2. The summed E-state index contributed by atoms with van der Waals surface area (Å²) in [6, 6.07) is 7.02. The number of benzene rings is 1. The Morgan fingerprint density at radius 3 is 1.88 bits per heavy atom. The summed E-state index contributed by atoms with van der Waals surface area (Å²) in [6.07, 6.45) is -0.304. The molecule has 34 heavy (non-hydrogen) atoms. The Balaban J connectivity index is 2.66.